The third-order valence-corrected chi connectivity index (χ3v) is 7.31. The van der Waals surface area contributed by atoms with Crippen molar-refractivity contribution in [3.8, 4) is 11.6 Å². The van der Waals surface area contributed by atoms with Crippen molar-refractivity contribution >= 4 is 6.08 Å². The standard InChI is InChI=1S/C27H31F3N6O/c1-17-15-35(16-31-17)23-13-10-19(32-25(23)37-4)11-14-24-33-36-18(2)9-12-21(26(36)34(24)3)20-7-5-6-8-22(20)27(28,29)30/h5-8,10-11,13-16,18,21,24,26,33H,9,12H2,1-4H3/b14-11+. The van der Waals surface area contributed by atoms with Crippen molar-refractivity contribution in [2.45, 2.75) is 57.2 Å². The summed E-state index contributed by atoms with van der Waals surface area (Å²) in [5.41, 5.74) is 5.70. The Morgan fingerprint density at radius 2 is 1.92 bits per heavy atom. The van der Waals surface area contributed by atoms with Crippen LogP contribution in [-0.2, 0) is 6.18 Å². The number of piperidine rings is 1. The van der Waals surface area contributed by atoms with Gasteiger partial charge < -0.3 is 9.30 Å². The van der Waals surface area contributed by atoms with Crippen LogP contribution in [0.4, 0.5) is 13.2 Å². The number of aryl methyl sites for hydroxylation is 1. The minimum absolute atomic E-state index is 0.191. The van der Waals surface area contributed by atoms with Crippen LogP contribution in [0.1, 0.15) is 48.2 Å². The normalized spacial score (nSPS) is 25.1. The first kappa shape index (κ1) is 25.4. The molecule has 2 fully saturated rings. The number of likely N-dealkylation sites (N-methyl/N-ethyl adjacent to an activating group) is 1. The Hall–Kier alpha value is -3.21. The van der Waals surface area contributed by atoms with Crippen LogP contribution >= 0.6 is 0 Å². The number of aromatic nitrogens is 3. The molecule has 2 aliphatic heterocycles. The molecule has 1 aromatic carbocycles. The van der Waals surface area contributed by atoms with E-state index in [2.05, 4.69) is 32.2 Å². The van der Waals surface area contributed by atoms with Crippen LogP contribution in [-0.4, -0.2) is 57.0 Å². The lowest BCUT2D eigenvalue weighted by Crippen LogP contribution is -2.52. The third-order valence-electron chi connectivity index (χ3n) is 7.31. The van der Waals surface area contributed by atoms with Crippen LogP contribution in [0.15, 0.2) is 55.0 Å². The topological polar surface area (TPSA) is 58.5 Å². The molecule has 0 saturated carbocycles. The molecule has 4 atom stereocenters. The molecule has 0 spiro atoms. The number of alkyl halides is 3. The summed E-state index contributed by atoms with van der Waals surface area (Å²) >= 11 is 0. The second-order valence-electron chi connectivity index (χ2n) is 9.72. The van der Waals surface area contributed by atoms with Crippen molar-refractivity contribution in [3.05, 3.63) is 77.5 Å². The maximum atomic E-state index is 13.8. The molecule has 196 valence electrons. The van der Waals surface area contributed by atoms with Gasteiger partial charge in [0.25, 0.3) is 0 Å². The summed E-state index contributed by atoms with van der Waals surface area (Å²) in [5.74, 6) is 0.197. The van der Waals surface area contributed by atoms with Crippen LogP contribution in [0.25, 0.3) is 11.8 Å². The highest BCUT2D eigenvalue weighted by Crippen LogP contribution is 2.44. The van der Waals surface area contributed by atoms with E-state index in [1.54, 1.807) is 25.6 Å². The Bertz CT molecular complexity index is 1290. The number of nitrogens with one attached hydrogen (secondary N) is 1. The molecule has 10 heteroatoms. The molecule has 3 aromatic rings. The van der Waals surface area contributed by atoms with Gasteiger partial charge in [-0.05, 0) is 69.7 Å². The molecular formula is C27H31F3N6O. The molecule has 2 saturated heterocycles. The SMILES string of the molecule is COc1nc(/C=C/C2NN3C(C)CCC(c4ccccc4C(F)(F)F)C3N2C)ccc1-n1cnc(C)c1. The van der Waals surface area contributed by atoms with Gasteiger partial charge in [-0.25, -0.2) is 20.4 Å². The molecule has 2 aliphatic rings. The lowest BCUT2D eigenvalue weighted by molar-refractivity contribution is -0.138. The number of fused-ring (bicyclic) bond motifs is 1. The zero-order chi connectivity index (χ0) is 26.3. The zero-order valence-corrected chi connectivity index (χ0v) is 21.3. The summed E-state index contributed by atoms with van der Waals surface area (Å²) in [6.07, 6.45) is 4.20. The van der Waals surface area contributed by atoms with E-state index in [1.165, 1.54) is 12.1 Å². The van der Waals surface area contributed by atoms with Gasteiger partial charge in [0.15, 0.2) is 0 Å². The Labute approximate surface area is 214 Å². The molecule has 0 bridgehead atoms. The lowest BCUT2D eigenvalue weighted by atomic mass is 9.83. The number of ether oxygens (including phenoxy) is 1. The van der Waals surface area contributed by atoms with Crippen LogP contribution < -0.4 is 10.2 Å². The molecule has 0 amide bonds. The van der Waals surface area contributed by atoms with E-state index < -0.39 is 11.7 Å². The van der Waals surface area contributed by atoms with Gasteiger partial charge >= 0.3 is 6.18 Å². The Balaban J connectivity index is 1.40. The number of hydrazine groups is 1. The van der Waals surface area contributed by atoms with E-state index in [-0.39, 0.29) is 24.3 Å². The minimum Gasteiger partial charge on any atom is -0.479 e. The fourth-order valence-electron chi connectivity index (χ4n) is 5.46. The second kappa shape index (κ2) is 9.92. The summed E-state index contributed by atoms with van der Waals surface area (Å²) < 4.78 is 48.9. The van der Waals surface area contributed by atoms with Crippen LogP contribution in [0.5, 0.6) is 5.88 Å². The molecule has 2 aromatic heterocycles. The van der Waals surface area contributed by atoms with E-state index in [4.69, 9.17) is 4.74 Å². The van der Waals surface area contributed by atoms with E-state index in [1.807, 2.05) is 49.0 Å². The Kier molecular flexibility index (Phi) is 6.82. The first-order valence-electron chi connectivity index (χ1n) is 12.3. The fraction of sp³-hybridized carbons (Fsp3) is 0.407. The van der Waals surface area contributed by atoms with Crippen molar-refractivity contribution in [1.82, 2.24) is 29.9 Å². The summed E-state index contributed by atoms with van der Waals surface area (Å²) in [7, 11) is 3.53. The maximum Gasteiger partial charge on any atom is 0.416 e. The largest absolute Gasteiger partial charge is 0.479 e. The highest BCUT2D eigenvalue weighted by molar-refractivity contribution is 5.52. The number of imidazole rings is 1. The van der Waals surface area contributed by atoms with Crippen molar-refractivity contribution in [2.75, 3.05) is 14.2 Å². The summed E-state index contributed by atoms with van der Waals surface area (Å²) in [4.78, 5) is 11.0. The van der Waals surface area contributed by atoms with Crippen molar-refractivity contribution < 1.29 is 17.9 Å². The molecule has 37 heavy (non-hydrogen) atoms. The summed E-state index contributed by atoms with van der Waals surface area (Å²) in [5, 5.41) is 2.11. The zero-order valence-electron chi connectivity index (χ0n) is 21.3. The molecule has 4 unspecified atom stereocenters. The predicted molar refractivity (Wildman–Crippen MR) is 135 cm³/mol. The van der Waals surface area contributed by atoms with E-state index in [9.17, 15) is 13.2 Å². The van der Waals surface area contributed by atoms with Crippen molar-refractivity contribution in [2.24, 2.45) is 0 Å². The van der Waals surface area contributed by atoms with Gasteiger partial charge in [-0.15, -0.1) is 0 Å². The number of rotatable bonds is 5. The van der Waals surface area contributed by atoms with Gasteiger partial charge in [0.05, 0.1) is 42.7 Å². The molecule has 5 rings (SSSR count). The molecule has 0 radical (unpaired) electrons. The molecule has 1 N–H and O–H groups in total. The van der Waals surface area contributed by atoms with E-state index in [0.717, 1.165) is 17.8 Å². The van der Waals surface area contributed by atoms with Gasteiger partial charge in [-0.1, -0.05) is 18.2 Å². The first-order valence-corrected chi connectivity index (χ1v) is 12.3. The average molecular weight is 513 g/mol. The van der Waals surface area contributed by atoms with E-state index >= 15 is 0 Å². The number of benzene rings is 1. The predicted octanol–water partition coefficient (Wildman–Crippen LogP) is 4.99. The number of hydrogen-bond acceptors (Lipinski definition) is 6. The van der Waals surface area contributed by atoms with Crippen molar-refractivity contribution in [3.63, 3.8) is 0 Å². The minimum atomic E-state index is -4.39. The van der Waals surface area contributed by atoms with Crippen molar-refractivity contribution in [1.29, 1.82) is 0 Å². The van der Waals surface area contributed by atoms with Gasteiger partial charge in [-0.3, -0.25) is 4.90 Å². The van der Waals surface area contributed by atoms with Crippen LogP contribution in [0.2, 0.25) is 0 Å². The summed E-state index contributed by atoms with van der Waals surface area (Å²) in [6, 6.07) is 9.98. The first-order chi connectivity index (χ1) is 17.7. The monoisotopic (exact) mass is 512 g/mol. The van der Waals surface area contributed by atoms with Crippen LogP contribution in [0.3, 0.4) is 0 Å². The molecule has 7 nitrogen and oxygen atoms in total. The number of methoxy groups -OCH3 is 1. The van der Waals surface area contributed by atoms with Gasteiger partial charge in [0, 0.05) is 18.2 Å². The highest BCUT2D eigenvalue weighted by atomic mass is 19.4. The third kappa shape index (κ3) is 4.88. The van der Waals surface area contributed by atoms with Crippen LogP contribution in [0, 0.1) is 6.92 Å². The average Bonchev–Trinajstić information content (AvgIpc) is 3.46. The molecule has 0 aliphatic carbocycles. The second-order valence-corrected chi connectivity index (χ2v) is 9.72. The van der Waals surface area contributed by atoms with Gasteiger partial charge in [0.2, 0.25) is 5.88 Å². The Morgan fingerprint density at radius 3 is 2.62 bits per heavy atom. The molecular weight excluding hydrogens is 481 g/mol. The number of nitrogens with zero attached hydrogens (tertiary/aromatic N) is 5. The smallest absolute Gasteiger partial charge is 0.416 e. The molecule has 4 heterocycles. The van der Waals surface area contributed by atoms with Gasteiger partial charge in [0.1, 0.15) is 5.69 Å². The lowest BCUT2D eigenvalue weighted by Gasteiger charge is -2.42. The number of pyridine rings is 1. The quantitative estimate of drug-likeness (QED) is 0.520. The summed E-state index contributed by atoms with van der Waals surface area (Å²) in [6.45, 7) is 4.02. The Morgan fingerprint density at radius 1 is 1.14 bits per heavy atom. The fourth-order valence-corrected chi connectivity index (χ4v) is 5.46. The highest BCUT2D eigenvalue weighted by Gasteiger charge is 2.47. The number of halogens is 3. The number of hydrogen-bond donors (Lipinski definition) is 1. The maximum absolute atomic E-state index is 13.8. The van der Waals surface area contributed by atoms with E-state index in [0.29, 0.717) is 23.6 Å². The van der Waals surface area contributed by atoms with Gasteiger partial charge in [-0.2, -0.15) is 13.2 Å².